The number of alkyl halides is 3. The van der Waals surface area contributed by atoms with Gasteiger partial charge in [0.05, 0.1) is 23.9 Å². The smallest absolute Gasteiger partial charge is 0.468 e. The lowest BCUT2D eigenvalue weighted by atomic mass is 9.92. The fourth-order valence-corrected chi connectivity index (χ4v) is 4.65. The average Bonchev–Trinajstić information content (AvgIpc) is 3.25. The Balaban J connectivity index is 1.52. The molecule has 32 heavy (non-hydrogen) atoms. The summed E-state index contributed by atoms with van der Waals surface area (Å²) < 4.78 is 56.3. The molecule has 170 valence electrons. The van der Waals surface area contributed by atoms with E-state index in [1.165, 1.54) is 6.07 Å². The first-order chi connectivity index (χ1) is 15.4. The lowest BCUT2D eigenvalue weighted by Gasteiger charge is -2.44. The van der Waals surface area contributed by atoms with E-state index in [1.54, 1.807) is 19.2 Å². The van der Waals surface area contributed by atoms with E-state index in [9.17, 15) is 13.2 Å². The molecule has 0 radical (unpaired) electrons. The van der Waals surface area contributed by atoms with Gasteiger partial charge in [-0.25, -0.2) is 4.98 Å². The van der Waals surface area contributed by atoms with E-state index in [0.717, 1.165) is 37.2 Å². The molecule has 0 spiro atoms. The van der Waals surface area contributed by atoms with Gasteiger partial charge < -0.3 is 19.2 Å². The van der Waals surface area contributed by atoms with Gasteiger partial charge >= 0.3 is 12.1 Å². The molecule has 9 heteroatoms. The molecule has 0 amide bonds. The summed E-state index contributed by atoms with van der Waals surface area (Å²) in [4.78, 5) is 5.97. The van der Waals surface area contributed by atoms with Crippen LogP contribution in [0.2, 0.25) is 0 Å². The molecule has 0 aliphatic carbocycles. The Hall–Kier alpha value is -2.78. The van der Waals surface area contributed by atoms with Gasteiger partial charge in [-0.05, 0) is 37.6 Å². The highest BCUT2D eigenvalue weighted by atomic mass is 19.4. The van der Waals surface area contributed by atoms with E-state index < -0.39 is 12.1 Å². The largest absolute Gasteiger partial charge is 0.491 e. The number of hydrogen-bond donors (Lipinski definition) is 1. The second-order valence-electron chi connectivity index (χ2n) is 8.20. The van der Waals surface area contributed by atoms with Gasteiger partial charge in [-0.2, -0.15) is 13.2 Å². The first-order valence-electron chi connectivity index (χ1n) is 10.7. The van der Waals surface area contributed by atoms with Crippen LogP contribution in [0, 0.1) is 0 Å². The molecule has 1 N–H and O–H groups in total. The van der Waals surface area contributed by atoms with Crippen molar-refractivity contribution in [1.82, 2.24) is 9.88 Å². The number of methoxy groups -OCH3 is 1. The Morgan fingerprint density at radius 2 is 2.00 bits per heavy atom. The number of nitrogens with zero attached hydrogens (tertiary/aromatic N) is 2. The van der Waals surface area contributed by atoms with Crippen LogP contribution in [0.5, 0.6) is 5.75 Å². The van der Waals surface area contributed by atoms with E-state index in [4.69, 9.17) is 13.9 Å². The number of halogens is 3. The molecule has 3 aromatic rings. The number of para-hydroxylation sites is 2. The van der Waals surface area contributed by atoms with Crippen molar-refractivity contribution in [2.45, 2.75) is 37.2 Å². The number of nitrogens with one attached hydrogen (secondary N) is 1. The fourth-order valence-electron chi connectivity index (χ4n) is 4.65. The maximum Gasteiger partial charge on any atom is 0.468 e. The summed E-state index contributed by atoms with van der Waals surface area (Å²) in [6.07, 6.45) is -2.48. The molecule has 6 nitrogen and oxygen atoms in total. The van der Waals surface area contributed by atoms with E-state index in [0.29, 0.717) is 12.3 Å². The topological polar surface area (TPSA) is 59.8 Å². The molecule has 3 atom stereocenters. The minimum Gasteiger partial charge on any atom is -0.491 e. The van der Waals surface area contributed by atoms with Crippen molar-refractivity contribution < 1.29 is 27.1 Å². The third kappa shape index (κ3) is 3.91. The second-order valence-corrected chi connectivity index (χ2v) is 8.20. The molecule has 2 aromatic carbocycles. The summed E-state index contributed by atoms with van der Waals surface area (Å²) in [5.74, 6) is -0.480. The number of hydrogen-bond acceptors (Lipinski definition) is 6. The summed E-state index contributed by atoms with van der Waals surface area (Å²) in [6.45, 7) is 2.14. The maximum absolute atomic E-state index is 13.2. The van der Waals surface area contributed by atoms with E-state index in [1.807, 2.05) is 24.3 Å². The predicted octanol–water partition coefficient (Wildman–Crippen LogP) is 4.87. The minimum absolute atomic E-state index is 0.0249. The van der Waals surface area contributed by atoms with Gasteiger partial charge in [0.1, 0.15) is 17.9 Å². The molecule has 2 aliphatic rings. The number of benzene rings is 2. The van der Waals surface area contributed by atoms with Crippen molar-refractivity contribution in [3.8, 4) is 5.75 Å². The Morgan fingerprint density at radius 1 is 1.16 bits per heavy atom. The van der Waals surface area contributed by atoms with E-state index in [2.05, 4.69) is 15.2 Å². The summed E-state index contributed by atoms with van der Waals surface area (Å²) in [6, 6.07) is 12.4. The molecule has 1 saturated heterocycles. The first kappa shape index (κ1) is 21.1. The highest BCUT2D eigenvalue weighted by Crippen LogP contribution is 2.40. The van der Waals surface area contributed by atoms with Crippen LogP contribution in [0.1, 0.15) is 30.3 Å². The summed E-state index contributed by atoms with van der Waals surface area (Å²) in [7, 11) is 1.72. The summed E-state index contributed by atoms with van der Waals surface area (Å²) >= 11 is 0. The van der Waals surface area contributed by atoms with Gasteiger partial charge in [0.25, 0.3) is 0 Å². The minimum atomic E-state index is -4.65. The number of anilines is 1. The monoisotopic (exact) mass is 447 g/mol. The molecule has 1 unspecified atom stereocenters. The summed E-state index contributed by atoms with van der Waals surface area (Å²) in [5, 5.41) is 3.46. The van der Waals surface area contributed by atoms with Crippen LogP contribution in [-0.2, 0) is 10.9 Å². The van der Waals surface area contributed by atoms with Crippen LogP contribution in [0.4, 0.5) is 18.9 Å². The standard InChI is InChI=1S/C23H24F3N3O3/c1-30-14-6-5-11-29(12-14)18-13-31-19-10-3-2-7-15(19)20(18)27-16-8-4-9-17-21(16)32-22(28-17)23(24,25)26/h2-4,7-10,14,18,20,27H,5-6,11-13H2,1H3/t14-,18?,20-/m0/s1. The highest BCUT2D eigenvalue weighted by molar-refractivity contribution is 5.86. The molecular formula is C23H24F3N3O3. The van der Waals surface area contributed by atoms with Gasteiger partial charge in [0.2, 0.25) is 0 Å². The molecular weight excluding hydrogens is 423 g/mol. The van der Waals surface area contributed by atoms with Gasteiger partial charge in [-0.15, -0.1) is 0 Å². The first-order valence-corrected chi connectivity index (χ1v) is 10.7. The third-order valence-electron chi connectivity index (χ3n) is 6.23. The van der Waals surface area contributed by atoms with Gasteiger partial charge in [-0.1, -0.05) is 24.3 Å². The lowest BCUT2D eigenvalue weighted by molar-refractivity contribution is -0.156. The molecule has 1 aromatic heterocycles. The Kier molecular flexibility index (Phi) is 5.46. The molecule has 1 fully saturated rings. The number of rotatable bonds is 4. The molecule has 3 heterocycles. The number of oxazole rings is 1. The van der Waals surface area contributed by atoms with E-state index in [-0.39, 0.29) is 29.3 Å². The second kappa shape index (κ2) is 8.29. The van der Waals surface area contributed by atoms with Crippen molar-refractivity contribution >= 4 is 16.8 Å². The van der Waals surface area contributed by atoms with Crippen LogP contribution >= 0.6 is 0 Å². The zero-order valence-electron chi connectivity index (χ0n) is 17.6. The zero-order chi connectivity index (χ0) is 22.3. The van der Waals surface area contributed by atoms with Crippen LogP contribution in [-0.4, -0.2) is 48.8 Å². The Bertz CT molecular complexity index is 1100. The molecule has 0 bridgehead atoms. The van der Waals surface area contributed by atoms with Gasteiger partial charge in [0.15, 0.2) is 5.58 Å². The third-order valence-corrected chi connectivity index (χ3v) is 6.23. The fraction of sp³-hybridized carbons (Fsp3) is 0.435. The van der Waals surface area contributed by atoms with Crippen molar-refractivity contribution in [2.75, 3.05) is 32.1 Å². The van der Waals surface area contributed by atoms with Crippen LogP contribution < -0.4 is 10.1 Å². The number of fused-ring (bicyclic) bond motifs is 2. The number of piperidine rings is 1. The molecule has 0 saturated carbocycles. The number of aromatic nitrogens is 1. The quantitative estimate of drug-likeness (QED) is 0.616. The lowest BCUT2D eigenvalue weighted by Crippen LogP contribution is -2.53. The van der Waals surface area contributed by atoms with Crippen LogP contribution in [0.25, 0.3) is 11.1 Å². The normalized spacial score (nSPS) is 24.2. The van der Waals surface area contributed by atoms with Crippen molar-refractivity contribution in [3.05, 3.63) is 53.9 Å². The summed E-state index contributed by atoms with van der Waals surface area (Å²) in [5.41, 5.74) is 1.68. The average molecular weight is 447 g/mol. The van der Waals surface area contributed by atoms with Crippen molar-refractivity contribution in [2.24, 2.45) is 0 Å². The maximum atomic E-state index is 13.2. The van der Waals surface area contributed by atoms with Crippen LogP contribution in [0.3, 0.4) is 0 Å². The Morgan fingerprint density at radius 3 is 2.81 bits per heavy atom. The Labute approximate surface area is 183 Å². The zero-order valence-corrected chi connectivity index (χ0v) is 17.6. The number of ether oxygens (including phenoxy) is 2. The van der Waals surface area contributed by atoms with Crippen molar-refractivity contribution in [3.63, 3.8) is 0 Å². The van der Waals surface area contributed by atoms with Crippen molar-refractivity contribution in [1.29, 1.82) is 0 Å². The van der Waals surface area contributed by atoms with Gasteiger partial charge in [0, 0.05) is 19.2 Å². The molecule has 2 aliphatic heterocycles. The van der Waals surface area contributed by atoms with E-state index >= 15 is 0 Å². The predicted molar refractivity (Wildman–Crippen MR) is 113 cm³/mol. The van der Waals surface area contributed by atoms with Crippen LogP contribution in [0.15, 0.2) is 46.9 Å². The SMILES string of the molecule is CO[C@H]1CCCN(C2COc3ccccc3[C@@H]2Nc2cccc3nc(C(F)(F)F)oc23)C1. The number of likely N-dealkylation sites (tertiary alicyclic amines) is 1. The van der Waals surface area contributed by atoms with Gasteiger partial charge in [-0.3, -0.25) is 4.90 Å². The highest BCUT2D eigenvalue weighted by Gasteiger charge is 2.39. The molecule has 5 rings (SSSR count).